The molecule has 0 amide bonds. The van der Waals surface area contributed by atoms with Crippen molar-refractivity contribution in [2.24, 2.45) is 5.41 Å². The van der Waals surface area contributed by atoms with E-state index >= 15 is 0 Å². The molecule has 1 aliphatic rings. The van der Waals surface area contributed by atoms with Crippen LogP contribution in [0.1, 0.15) is 64.5 Å². The Morgan fingerprint density at radius 2 is 2.00 bits per heavy atom. The van der Waals surface area contributed by atoms with Crippen LogP contribution >= 0.6 is 0 Å². The minimum atomic E-state index is -0.198. The second kappa shape index (κ2) is 8.75. The summed E-state index contributed by atoms with van der Waals surface area (Å²) >= 11 is 0. The Morgan fingerprint density at radius 3 is 2.65 bits per heavy atom. The molecule has 0 aliphatic heterocycles. The summed E-state index contributed by atoms with van der Waals surface area (Å²) in [6.45, 7) is 10.9. The van der Waals surface area contributed by atoms with E-state index in [1.807, 2.05) is 19.1 Å². The van der Waals surface area contributed by atoms with E-state index in [1.165, 1.54) is 48.4 Å². The molecule has 0 saturated carbocycles. The monoisotopic (exact) mass is 351 g/mol. The number of ketones is 1. The number of nitrogens with zero attached hydrogens (tertiary/aromatic N) is 2. The number of carbonyl (C=O) groups excluding carboxylic acids is 1. The van der Waals surface area contributed by atoms with Crippen molar-refractivity contribution in [1.29, 1.82) is 0 Å². The first kappa shape index (κ1) is 19.8. The maximum absolute atomic E-state index is 11.9. The molecule has 0 spiro atoms. The van der Waals surface area contributed by atoms with Crippen molar-refractivity contribution in [3.05, 3.63) is 70.9 Å². The Hall–Kier alpha value is -2.49. The molecular formula is C22H29N3O. The highest BCUT2D eigenvalue weighted by molar-refractivity contribution is 6.02. The van der Waals surface area contributed by atoms with Crippen molar-refractivity contribution in [1.82, 2.24) is 15.2 Å². The molecule has 138 valence electrons. The Balaban J connectivity index is 2.01. The van der Waals surface area contributed by atoms with E-state index in [2.05, 4.69) is 61.1 Å². The van der Waals surface area contributed by atoms with Crippen LogP contribution < -0.4 is 0 Å². The molecule has 1 aromatic rings. The summed E-state index contributed by atoms with van der Waals surface area (Å²) in [7, 11) is 0. The molecule has 1 N–H and O–H groups in total. The summed E-state index contributed by atoms with van der Waals surface area (Å²) in [6.07, 6.45) is 17.0. The van der Waals surface area contributed by atoms with Gasteiger partial charge in [-0.15, -0.1) is 0 Å². The smallest absolute Gasteiger partial charge is 0.225 e. The van der Waals surface area contributed by atoms with Crippen molar-refractivity contribution < 1.29 is 4.79 Å². The summed E-state index contributed by atoms with van der Waals surface area (Å²) in [4.78, 5) is 15.7. The van der Waals surface area contributed by atoms with Crippen LogP contribution in [0.25, 0.3) is 0 Å². The fourth-order valence-electron chi connectivity index (χ4n) is 3.28. The standard InChI is InChI=1S/C22H29N3O/c1-16(11-12-19-18(3)10-7-13-22(19,4)5)8-6-9-17(2)14-20(26)21-23-15-24-25-21/h6,8-9,11-12,14-15H,7,10,13H2,1-5H3,(H,23,24,25)/b9-6+,12-11+,16-8+,17-14+. The Labute approximate surface area is 156 Å². The minimum absolute atomic E-state index is 0.186. The van der Waals surface area contributed by atoms with Gasteiger partial charge in [0.25, 0.3) is 0 Å². The van der Waals surface area contributed by atoms with Gasteiger partial charge in [0.05, 0.1) is 0 Å². The zero-order valence-corrected chi connectivity index (χ0v) is 16.5. The maximum Gasteiger partial charge on any atom is 0.225 e. The average molecular weight is 351 g/mol. The number of hydrogen-bond donors (Lipinski definition) is 1. The molecule has 0 unspecified atom stereocenters. The number of allylic oxidation sites excluding steroid dienone is 10. The van der Waals surface area contributed by atoms with Crippen molar-refractivity contribution in [3.8, 4) is 0 Å². The van der Waals surface area contributed by atoms with E-state index in [4.69, 9.17) is 0 Å². The molecular weight excluding hydrogens is 322 g/mol. The lowest BCUT2D eigenvalue weighted by molar-refractivity contribution is 0.103. The van der Waals surface area contributed by atoms with Crippen LogP contribution in [0, 0.1) is 5.41 Å². The van der Waals surface area contributed by atoms with Crippen LogP contribution in [0.2, 0.25) is 0 Å². The number of aromatic amines is 1. The molecule has 1 heterocycles. The molecule has 26 heavy (non-hydrogen) atoms. The second-order valence-corrected chi connectivity index (χ2v) is 7.61. The number of nitrogens with one attached hydrogen (secondary N) is 1. The highest BCUT2D eigenvalue weighted by Crippen LogP contribution is 2.40. The topological polar surface area (TPSA) is 58.6 Å². The number of hydrogen-bond acceptors (Lipinski definition) is 3. The van der Waals surface area contributed by atoms with Crippen molar-refractivity contribution in [2.45, 2.75) is 53.9 Å². The first-order valence-corrected chi connectivity index (χ1v) is 9.11. The average Bonchev–Trinajstić information content (AvgIpc) is 3.08. The van der Waals surface area contributed by atoms with Crippen LogP contribution in [-0.2, 0) is 0 Å². The van der Waals surface area contributed by atoms with Gasteiger partial charge in [-0.1, -0.05) is 55.4 Å². The van der Waals surface area contributed by atoms with E-state index in [9.17, 15) is 4.79 Å². The lowest BCUT2D eigenvalue weighted by atomic mass is 9.72. The number of carbonyl (C=O) groups is 1. The van der Waals surface area contributed by atoms with Gasteiger partial charge in [-0.25, -0.2) is 4.98 Å². The first-order chi connectivity index (χ1) is 12.3. The van der Waals surface area contributed by atoms with E-state index in [-0.39, 0.29) is 17.0 Å². The number of aromatic nitrogens is 3. The van der Waals surface area contributed by atoms with Crippen LogP contribution in [0.5, 0.6) is 0 Å². The van der Waals surface area contributed by atoms with E-state index in [1.54, 1.807) is 0 Å². The molecule has 0 atom stereocenters. The molecule has 0 radical (unpaired) electrons. The molecule has 0 saturated heterocycles. The normalized spacial score (nSPS) is 19.0. The van der Waals surface area contributed by atoms with Crippen molar-refractivity contribution in [2.75, 3.05) is 0 Å². The molecule has 0 aromatic carbocycles. The van der Waals surface area contributed by atoms with Crippen LogP contribution in [0.3, 0.4) is 0 Å². The third-order valence-corrected chi connectivity index (χ3v) is 4.77. The van der Waals surface area contributed by atoms with Crippen molar-refractivity contribution in [3.63, 3.8) is 0 Å². The molecule has 0 fully saturated rings. The van der Waals surface area contributed by atoms with Gasteiger partial charge in [0, 0.05) is 0 Å². The summed E-state index contributed by atoms with van der Waals surface area (Å²) in [5.74, 6) is -0.0120. The van der Waals surface area contributed by atoms with Crippen molar-refractivity contribution >= 4 is 5.78 Å². The fourth-order valence-corrected chi connectivity index (χ4v) is 3.28. The quantitative estimate of drug-likeness (QED) is 0.417. The fraction of sp³-hybridized carbons (Fsp3) is 0.409. The molecule has 0 bridgehead atoms. The zero-order chi connectivity index (χ0) is 19.2. The Morgan fingerprint density at radius 1 is 1.23 bits per heavy atom. The number of rotatable bonds is 6. The van der Waals surface area contributed by atoms with Crippen LogP contribution in [0.4, 0.5) is 0 Å². The van der Waals surface area contributed by atoms with Gasteiger partial charge in [-0.2, -0.15) is 5.10 Å². The Kier molecular flexibility index (Phi) is 6.67. The highest BCUT2D eigenvalue weighted by atomic mass is 16.1. The lowest BCUT2D eigenvalue weighted by Crippen LogP contribution is -2.19. The Bertz CT molecular complexity index is 787. The summed E-state index contributed by atoms with van der Waals surface area (Å²) in [6, 6.07) is 0. The van der Waals surface area contributed by atoms with Gasteiger partial charge < -0.3 is 0 Å². The zero-order valence-electron chi connectivity index (χ0n) is 16.5. The second-order valence-electron chi connectivity index (χ2n) is 7.61. The van der Waals surface area contributed by atoms with Gasteiger partial charge in [-0.05, 0) is 62.7 Å². The molecule has 4 heteroatoms. The molecule has 1 aliphatic carbocycles. The summed E-state index contributed by atoms with van der Waals surface area (Å²) in [5, 5.41) is 6.33. The van der Waals surface area contributed by atoms with Gasteiger partial charge in [-0.3, -0.25) is 9.89 Å². The first-order valence-electron chi connectivity index (χ1n) is 9.11. The minimum Gasteiger partial charge on any atom is -0.286 e. The predicted molar refractivity (Wildman–Crippen MR) is 107 cm³/mol. The summed E-state index contributed by atoms with van der Waals surface area (Å²) < 4.78 is 0. The van der Waals surface area contributed by atoms with Gasteiger partial charge in [0.15, 0.2) is 0 Å². The van der Waals surface area contributed by atoms with Gasteiger partial charge in [0.2, 0.25) is 11.6 Å². The summed E-state index contributed by atoms with van der Waals surface area (Å²) in [5.41, 5.74) is 5.27. The molecule has 4 nitrogen and oxygen atoms in total. The third-order valence-electron chi connectivity index (χ3n) is 4.77. The van der Waals surface area contributed by atoms with Crippen LogP contribution in [-0.4, -0.2) is 21.0 Å². The van der Waals surface area contributed by atoms with E-state index in [0.29, 0.717) is 0 Å². The SMILES string of the molecule is CC1=C(/C=C/C(C)=C/C=C/C(C)=C/C(=O)c2nc[nH]n2)C(C)(C)CCC1. The molecule has 2 rings (SSSR count). The lowest BCUT2D eigenvalue weighted by Gasteiger charge is -2.32. The van der Waals surface area contributed by atoms with Crippen LogP contribution in [0.15, 0.2) is 65.1 Å². The highest BCUT2D eigenvalue weighted by Gasteiger charge is 2.26. The third kappa shape index (κ3) is 5.51. The largest absolute Gasteiger partial charge is 0.286 e. The maximum atomic E-state index is 11.9. The van der Waals surface area contributed by atoms with Gasteiger partial charge in [0.1, 0.15) is 6.33 Å². The number of H-pyrrole nitrogens is 1. The van der Waals surface area contributed by atoms with Gasteiger partial charge >= 0.3 is 0 Å². The molecule has 1 aromatic heterocycles. The predicted octanol–water partition coefficient (Wildman–Crippen LogP) is 5.52. The van der Waals surface area contributed by atoms with E-state index in [0.717, 1.165) is 5.57 Å². The van der Waals surface area contributed by atoms with E-state index < -0.39 is 0 Å².